The van der Waals surface area contributed by atoms with Gasteiger partial charge in [-0.25, -0.2) is 4.98 Å². The van der Waals surface area contributed by atoms with Crippen LogP contribution in [0.15, 0.2) is 29.9 Å². The largest absolute Gasteiger partial charge is 0.374 e. The van der Waals surface area contributed by atoms with Gasteiger partial charge in [-0.05, 0) is 24.3 Å². The molecule has 3 nitrogen and oxygen atoms in total. The highest BCUT2D eigenvalue weighted by Gasteiger charge is 2.23. The van der Waals surface area contributed by atoms with E-state index in [2.05, 4.69) is 33.3 Å². The fraction of sp³-hybridized carbons (Fsp3) is 0.533. The summed E-state index contributed by atoms with van der Waals surface area (Å²) in [6, 6.07) is 4.23. The Morgan fingerprint density at radius 1 is 1.47 bits per heavy atom. The first-order valence-electron chi connectivity index (χ1n) is 6.95. The van der Waals surface area contributed by atoms with E-state index in [1.165, 1.54) is 36.4 Å². The van der Waals surface area contributed by atoms with Gasteiger partial charge in [0.1, 0.15) is 11.9 Å². The maximum Gasteiger partial charge on any atom is 0.111 e. The molecule has 0 aliphatic heterocycles. The molecule has 0 bridgehead atoms. The zero-order chi connectivity index (χ0) is 13.1. The summed E-state index contributed by atoms with van der Waals surface area (Å²) in [5.74, 6) is 1.90. The van der Waals surface area contributed by atoms with Crippen molar-refractivity contribution in [2.45, 2.75) is 44.2 Å². The van der Waals surface area contributed by atoms with E-state index in [0.29, 0.717) is 5.92 Å². The van der Waals surface area contributed by atoms with E-state index in [1.54, 1.807) is 18.4 Å². The molecule has 19 heavy (non-hydrogen) atoms. The molecule has 1 saturated carbocycles. The van der Waals surface area contributed by atoms with Crippen molar-refractivity contribution in [2.75, 3.05) is 7.11 Å². The van der Waals surface area contributed by atoms with Crippen LogP contribution in [0.2, 0.25) is 0 Å². The van der Waals surface area contributed by atoms with Gasteiger partial charge < -0.3 is 9.30 Å². The number of methoxy groups -OCH3 is 1. The molecular formula is C15H20N2OS. The third-order valence-electron chi connectivity index (χ3n) is 3.98. The highest BCUT2D eigenvalue weighted by Crippen LogP contribution is 2.34. The summed E-state index contributed by atoms with van der Waals surface area (Å²) < 4.78 is 7.93. The van der Waals surface area contributed by atoms with Crippen LogP contribution in [0.3, 0.4) is 0 Å². The fourth-order valence-corrected chi connectivity index (χ4v) is 3.75. The molecule has 0 unspecified atom stereocenters. The standard InChI is InChI=1S/C15H20N2OS/c1-18-13(14-7-4-10-19-14)11-17-9-8-16-15(17)12-5-2-3-6-12/h4,7-10,12-13H,2-3,5-6,11H2,1H3/t13-/m1/s1. The van der Waals surface area contributed by atoms with Crippen LogP contribution in [0.25, 0.3) is 0 Å². The molecular weight excluding hydrogens is 256 g/mol. The van der Waals surface area contributed by atoms with Gasteiger partial charge in [0.15, 0.2) is 0 Å². The second-order valence-corrected chi connectivity index (χ2v) is 6.14. The number of aromatic nitrogens is 2. The van der Waals surface area contributed by atoms with Crippen molar-refractivity contribution in [3.63, 3.8) is 0 Å². The van der Waals surface area contributed by atoms with Gasteiger partial charge in [0, 0.05) is 30.3 Å². The highest BCUT2D eigenvalue weighted by molar-refractivity contribution is 7.10. The molecule has 1 aliphatic rings. The summed E-state index contributed by atoms with van der Waals surface area (Å²) in [4.78, 5) is 5.86. The number of rotatable bonds is 5. The van der Waals surface area contributed by atoms with Gasteiger partial charge in [0.05, 0.1) is 6.54 Å². The number of hydrogen-bond acceptors (Lipinski definition) is 3. The SMILES string of the molecule is CO[C@H](Cn1ccnc1C1CCCC1)c1cccs1. The summed E-state index contributed by atoms with van der Waals surface area (Å²) in [6.07, 6.45) is 9.41. The van der Waals surface area contributed by atoms with E-state index in [9.17, 15) is 0 Å². The minimum Gasteiger partial charge on any atom is -0.374 e. The number of imidazole rings is 1. The van der Waals surface area contributed by atoms with E-state index >= 15 is 0 Å². The van der Waals surface area contributed by atoms with E-state index in [1.807, 2.05) is 6.20 Å². The summed E-state index contributed by atoms with van der Waals surface area (Å²) in [5.41, 5.74) is 0. The number of thiophene rings is 1. The Labute approximate surface area is 118 Å². The first kappa shape index (κ1) is 12.9. The first-order valence-corrected chi connectivity index (χ1v) is 7.83. The molecule has 0 spiro atoms. The van der Waals surface area contributed by atoms with Gasteiger partial charge in [-0.15, -0.1) is 11.3 Å². The third-order valence-corrected chi connectivity index (χ3v) is 4.94. The Morgan fingerprint density at radius 3 is 3.00 bits per heavy atom. The van der Waals surface area contributed by atoms with Crippen LogP contribution in [0.1, 0.15) is 48.4 Å². The zero-order valence-corrected chi connectivity index (χ0v) is 12.1. The topological polar surface area (TPSA) is 27.1 Å². The van der Waals surface area contributed by atoms with Crippen molar-refractivity contribution in [3.8, 4) is 0 Å². The Balaban J connectivity index is 1.77. The maximum absolute atomic E-state index is 5.65. The van der Waals surface area contributed by atoms with Crippen LogP contribution in [0.5, 0.6) is 0 Å². The summed E-state index contributed by atoms with van der Waals surface area (Å²) in [5, 5.41) is 2.10. The predicted octanol–water partition coefficient (Wildman–Crippen LogP) is 3.99. The molecule has 3 rings (SSSR count). The quantitative estimate of drug-likeness (QED) is 0.825. The molecule has 4 heteroatoms. The van der Waals surface area contributed by atoms with Crippen molar-refractivity contribution in [2.24, 2.45) is 0 Å². The Hall–Kier alpha value is -1.13. The second-order valence-electron chi connectivity index (χ2n) is 5.16. The average molecular weight is 276 g/mol. The van der Waals surface area contributed by atoms with Crippen LogP contribution < -0.4 is 0 Å². The molecule has 0 aromatic carbocycles. The number of nitrogens with zero attached hydrogens (tertiary/aromatic N) is 2. The number of ether oxygens (including phenoxy) is 1. The van der Waals surface area contributed by atoms with E-state index in [4.69, 9.17) is 4.74 Å². The van der Waals surface area contributed by atoms with Crippen LogP contribution in [-0.4, -0.2) is 16.7 Å². The van der Waals surface area contributed by atoms with E-state index in [0.717, 1.165) is 6.54 Å². The lowest BCUT2D eigenvalue weighted by atomic mass is 10.1. The minimum absolute atomic E-state index is 0.134. The van der Waals surface area contributed by atoms with Crippen LogP contribution in [0, 0.1) is 0 Å². The monoisotopic (exact) mass is 276 g/mol. The Morgan fingerprint density at radius 2 is 2.32 bits per heavy atom. The van der Waals surface area contributed by atoms with Crippen LogP contribution >= 0.6 is 11.3 Å². The molecule has 1 fully saturated rings. The van der Waals surface area contributed by atoms with E-state index in [-0.39, 0.29) is 6.10 Å². The van der Waals surface area contributed by atoms with Gasteiger partial charge in [-0.2, -0.15) is 0 Å². The molecule has 2 aromatic rings. The molecule has 0 N–H and O–H groups in total. The molecule has 2 heterocycles. The van der Waals surface area contributed by atoms with Crippen molar-refractivity contribution in [1.29, 1.82) is 0 Å². The lowest BCUT2D eigenvalue weighted by molar-refractivity contribution is 0.0896. The minimum atomic E-state index is 0.134. The van der Waals surface area contributed by atoms with Crippen LogP contribution in [-0.2, 0) is 11.3 Å². The second kappa shape index (κ2) is 5.88. The maximum atomic E-state index is 5.65. The lowest BCUT2D eigenvalue weighted by Gasteiger charge is -2.18. The van der Waals surface area contributed by atoms with Gasteiger partial charge in [0.2, 0.25) is 0 Å². The molecule has 1 aliphatic carbocycles. The first-order chi connectivity index (χ1) is 9.38. The summed E-state index contributed by atoms with van der Waals surface area (Å²) in [7, 11) is 1.79. The Bertz CT molecular complexity index is 500. The lowest BCUT2D eigenvalue weighted by Crippen LogP contribution is -2.13. The number of hydrogen-bond donors (Lipinski definition) is 0. The van der Waals surface area contributed by atoms with Crippen molar-refractivity contribution >= 4 is 11.3 Å². The fourth-order valence-electron chi connectivity index (χ4n) is 2.95. The van der Waals surface area contributed by atoms with Crippen molar-refractivity contribution in [3.05, 3.63) is 40.6 Å². The van der Waals surface area contributed by atoms with Crippen molar-refractivity contribution < 1.29 is 4.74 Å². The zero-order valence-electron chi connectivity index (χ0n) is 11.3. The highest BCUT2D eigenvalue weighted by atomic mass is 32.1. The third kappa shape index (κ3) is 2.74. The van der Waals surface area contributed by atoms with Gasteiger partial charge in [0.25, 0.3) is 0 Å². The van der Waals surface area contributed by atoms with Gasteiger partial charge >= 0.3 is 0 Å². The predicted molar refractivity (Wildman–Crippen MR) is 77.5 cm³/mol. The normalized spacial score (nSPS) is 17.9. The van der Waals surface area contributed by atoms with Gasteiger partial charge in [-0.3, -0.25) is 0 Å². The summed E-state index contributed by atoms with van der Waals surface area (Å²) in [6.45, 7) is 0.864. The molecule has 2 aromatic heterocycles. The average Bonchev–Trinajstić information content (AvgIpc) is 3.15. The summed E-state index contributed by atoms with van der Waals surface area (Å²) >= 11 is 1.76. The molecule has 0 radical (unpaired) electrons. The van der Waals surface area contributed by atoms with Crippen molar-refractivity contribution in [1.82, 2.24) is 9.55 Å². The smallest absolute Gasteiger partial charge is 0.111 e. The Kier molecular flexibility index (Phi) is 3.99. The molecule has 102 valence electrons. The molecule has 0 amide bonds. The molecule has 1 atom stereocenters. The van der Waals surface area contributed by atoms with E-state index < -0.39 is 0 Å². The van der Waals surface area contributed by atoms with Crippen LogP contribution in [0.4, 0.5) is 0 Å². The molecule has 0 saturated heterocycles. The van der Waals surface area contributed by atoms with Gasteiger partial charge in [-0.1, -0.05) is 18.9 Å².